The number of nitrogens with zero attached hydrogens (tertiary/aromatic N) is 2. The second-order valence-electron chi connectivity index (χ2n) is 5.84. The second-order valence-corrected chi connectivity index (χ2v) is 5.84. The lowest BCUT2D eigenvalue weighted by Crippen LogP contribution is -2.20. The lowest BCUT2D eigenvalue weighted by Gasteiger charge is -2.13. The molecule has 0 spiro atoms. The molecule has 1 aromatic heterocycles. The van der Waals surface area contributed by atoms with E-state index >= 15 is 0 Å². The van der Waals surface area contributed by atoms with Crippen molar-refractivity contribution < 1.29 is 14.3 Å². The van der Waals surface area contributed by atoms with Crippen molar-refractivity contribution in [3.05, 3.63) is 23.8 Å². The Bertz CT molecular complexity index is 667. The third kappa shape index (κ3) is 1.77. The van der Waals surface area contributed by atoms with Gasteiger partial charge in [0.2, 0.25) is 0 Å². The first-order valence-electron chi connectivity index (χ1n) is 7.09. The Balaban J connectivity index is 1.66. The van der Waals surface area contributed by atoms with Crippen LogP contribution in [0.2, 0.25) is 0 Å². The fraction of sp³-hybridized carbons (Fsp3) is 0.467. The van der Waals surface area contributed by atoms with Gasteiger partial charge in [0.05, 0.1) is 5.56 Å². The van der Waals surface area contributed by atoms with Crippen molar-refractivity contribution in [2.45, 2.75) is 19.3 Å². The van der Waals surface area contributed by atoms with Gasteiger partial charge in [-0.2, -0.15) is 4.98 Å². The lowest BCUT2D eigenvalue weighted by molar-refractivity contribution is 0.0697. The molecule has 2 fully saturated rings. The molecule has 2 atom stereocenters. The van der Waals surface area contributed by atoms with E-state index in [0.717, 1.165) is 30.4 Å². The number of anilines is 1. The predicted octanol–water partition coefficient (Wildman–Crippen LogP) is 2.76. The number of carbonyl (C=O) groups is 1. The molecule has 1 saturated heterocycles. The molecule has 1 aliphatic heterocycles. The highest BCUT2D eigenvalue weighted by Crippen LogP contribution is 2.39. The molecular weight excluding hydrogens is 256 g/mol. The van der Waals surface area contributed by atoms with Gasteiger partial charge in [-0.05, 0) is 42.9 Å². The lowest BCUT2D eigenvalue weighted by atomic mass is 10.0. The van der Waals surface area contributed by atoms with Gasteiger partial charge in [-0.25, -0.2) is 4.79 Å². The van der Waals surface area contributed by atoms with Crippen LogP contribution in [0.25, 0.3) is 11.1 Å². The molecule has 0 bridgehead atoms. The molecule has 104 valence electrons. The molecule has 2 heterocycles. The van der Waals surface area contributed by atoms with Crippen LogP contribution in [0.4, 0.5) is 6.01 Å². The first kappa shape index (κ1) is 11.8. The molecule has 4 rings (SSSR count). The van der Waals surface area contributed by atoms with E-state index < -0.39 is 5.97 Å². The number of benzene rings is 1. The Morgan fingerprint density at radius 1 is 1.30 bits per heavy atom. The van der Waals surface area contributed by atoms with Crippen LogP contribution in [0.15, 0.2) is 22.6 Å². The van der Waals surface area contributed by atoms with Crippen molar-refractivity contribution in [1.29, 1.82) is 0 Å². The number of aromatic nitrogens is 1. The van der Waals surface area contributed by atoms with Crippen molar-refractivity contribution >= 4 is 23.1 Å². The molecule has 0 amide bonds. The van der Waals surface area contributed by atoms with Crippen molar-refractivity contribution in [1.82, 2.24) is 4.98 Å². The zero-order chi connectivity index (χ0) is 13.7. The summed E-state index contributed by atoms with van der Waals surface area (Å²) < 4.78 is 5.76. The van der Waals surface area contributed by atoms with E-state index in [1.165, 1.54) is 19.3 Å². The van der Waals surface area contributed by atoms with Gasteiger partial charge in [0.25, 0.3) is 6.01 Å². The maximum atomic E-state index is 11.0. The third-order valence-electron chi connectivity index (χ3n) is 4.62. The van der Waals surface area contributed by atoms with Crippen molar-refractivity contribution in [2.24, 2.45) is 11.8 Å². The van der Waals surface area contributed by atoms with E-state index in [0.29, 0.717) is 11.6 Å². The summed E-state index contributed by atoms with van der Waals surface area (Å²) in [5, 5.41) is 9.00. The molecular formula is C15H16N2O3. The minimum absolute atomic E-state index is 0.235. The molecule has 1 aliphatic carbocycles. The summed E-state index contributed by atoms with van der Waals surface area (Å²) in [6, 6.07) is 5.46. The maximum Gasteiger partial charge on any atom is 0.335 e. The minimum atomic E-state index is -0.944. The van der Waals surface area contributed by atoms with Crippen LogP contribution in [0, 0.1) is 11.8 Å². The average Bonchev–Trinajstić information content (AvgIpc) is 3.10. The Labute approximate surface area is 116 Å². The standard InChI is InChI=1S/C15H16N2O3/c18-14(19)9-4-5-12-13(6-9)20-15(16-12)17-7-10-2-1-3-11(10)8-17/h4-6,10-11H,1-3,7-8H2,(H,18,19). The number of oxazole rings is 1. The van der Waals surface area contributed by atoms with Gasteiger partial charge in [0, 0.05) is 13.1 Å². The number of hydrogen-bond acceptors (Lipinski definition) is 4. The summed E-state index contributed by atoms with van der Waals surface area (Å²) in [5.74, 6) is 0.611. The Kier molecular flexibility index (Phi) is 2.49. The summed E-state index contributed by atoms with van der Waals surface area (Å²) in [5.41, 5.74) is 1.51. The Morgan fingerprint density at radius 3 is 2.75 bits per heavy atom. The summed E-state index contributed by atoms with van der Waals surface area (Å²) in [6.07, 6.45) is 3.97. The largest absolute Gasteiger partial charge is 0.478 e. The van der Waals surface area contributed by atoms with Gasteiger partial charge >= 0.3 is 5.97 Å². The average molecular weight is 272 g/mol. The molecule has 1 saturated carbocycles. The Morgan fingerprint density at radius 2 is 2.05 bits per heavy atom. The van der Waals surface area contributed by atoms with E-state index in [-0.39, 0.29) is 5.56 Å². The summed E-state index contributed by atoms with van der Waals surface area (Å²) in [7, 11) is 0. The van der Waals surface area contributed by atoms with Gasteiger partial charge < -0.3 is 14.4 Å². The second kappa shape index (κ2) is 4.23. The number of rotatable bonds is 2. The van der Waals surface area contributed by atoms with E-state index in [1.54, 1.807) is 18.2 Å². The molecule has 2 unspecified atom stereocenters. The van der Waals surface area contributed by atoms with Crippen LogP contribution < -0.4 is 4.90 Å². The van der Waals surface area contributed by atoms with E-state index in [9.17, 15) is 4.79 Å². The zero-order valence-electron chi connectivity index (χ0n) is 11.1. The predicted molar refractivity (Wildman–Crippen MR) is 74.0 cm³/mol. The van der Waals surface area contributed by atoms with E-state index in [2.05, 4.69) is 9.88 Å². The first-order valence-corrected chi connectivity index (χ1v) is 7.09. The highest BCUT2D eigenvalue weighted by molar-refractivity contribution is 5.92. The van der Waals surface area contributed by atoms with Crippen molar-refractivity contribution in [2.75, 3.05) is 18.0 Å². The van der Waals surface area contributed by atoms with Gasteiger partial charge in [-0.3, -0.25) is 0 Å². The minimum Gasteiger partial charge on any atom is -0.478 e. The smallest absolute Gasteiger partial charge is 0.335 e. The van der Waals surface area contributed by atoms with E-state index in [4.69, 9.17) is 9.52 Å². The summed E-state index contributed by atoms with van der Waals surface area (Å²) >= 11 is 0. The van der Waals surface area contributed by atoms with Crippen LogP contribution in [-0.2, 0) is 0 Å². The van der Waals surface area contributed by atoms with Crippen molar-refractivity contribution in [3.8, 4) is 0 Å². The number of carboxylic acid groups (broad SMARTS) is 1. The molecule has 5 nitrogen and oxygen atoms in total. The highest BCUT2D eigenvalue weighted by Gasteiger charge is 2.37. The van der Waals surface area contributed by atoms with Crippen LogP contribution in [0.3, 0.4) is 0 Å². The normalized spacial score (nSPS) is 25.3. The van der Waals surface area contributed by atoms with Gasteiger partial charge in [0.15, 0.2) is 5.58 Å². The fourth-order valence-corrected chi connectivity index (χ4v) is 3.57. The summed E-state index contributed by atoms with van der Waals surface area (Å²) in [6.45, 7) is 2.03. The number of hydrogen-bond donors (Lipinski definition) is 1. The molecule has 2 aromatic rings. The molecule has 5 heteroatoms. The zero-order valence-corrected chi connectivity index (χ0v) is 11.1. The monoisotopic (exact) mass is 272 g/mol. The first-order chi connectivity index (χ1) is 9.70. The van der Waals surface area contributed by atoms with E-state index in [1.807, 2.05) is 0 Å². The fourth-order valence-electron chi connectivity index (χ4n) is 3.57. The maximum absolute atomic E-state index is 11.0. The number of fused-ring (bicyclic) bond motifs is 2. The highest BCUT2D eigenvalue weighted by atomic mass is 16.4. The topological polar surface area (TPSA) is 66.6 Å². The summed E-state index contributed by atoms with van der Waals surface area (Å²) in [4.78, 5) is 17.7. The number of aromatic carboxylic acids is 1. The quantitative estimate of drug-likeness (QED) is 0.910. The molecule has 1 N–H and O–H groups in total. The van der Waals surface area contributed by atoms with Crippen molar-refractivity contribution in [3.63, 3.8) is 0 Å². The Hall–Kier alpha value is -2.04. The van der Waals surface area contributed by atoms with Gasteiger partial charge in [-0.1, -0.05) is 6.42 Å². The molecule has 1 aromatic carbocycles. The third-order valence-corrected chi connectivity index (χ3v) is 4.62. The SMILES string of the molecule is O=C(O)c1ccc2nc(N3CC4CCCC4C3)oc2c1. The van der Waals surface area contributed by atoms with Crippen LogP contribution in [0.1, 0.15) is 29.6 Å². The molecule has 20 heavy (non-hydrogen) atoms. The number of carboxylic acids is 1. The van der Waals surface area contributed by atoms with Crippen LogP contribution >= 0.6 is 0 Å². The molecule has 0 radical (unpaired) electrons. The van der Waals surface area contributed by atoms with Crippen LogP contribution in [0.5, 0.6) is 0 Å². The molecule has 2 aliphatic rings. The van der Waals surface area contributed by atoms with Gasteiger partial charge in [0.1, 0.15) is 5.52 Å². The van der Waals surface area contributed by atoms with Gasteiger partial charge in [-0.15, -0.1) is 0 Å². The van der Waals surface area contributed by atoms with Crippen LogP contribution in [-0.4, -0.2) is 29.1 Å².